The molecule has 0 heterocycles. The lowest BCUT2D eigenvalue weighted by atomic mass is 10.1. The number of allylic oxidation sites excluding steroid dienone is 4. The Bertz CT molecular complexity index is 1340. The van der Waals surface area contributed by atoms with Crippen molar-refractivity contribution in [3.05, 3.63) is 93.6 Å². The van der Waals surface area contributed by atoms with Crippen molar-refractivity contribution in [2.75, 3.05) is 57.0 Å². The van der Waals surface area contributed by atoms with Gasteiger partial charge in [-0.05, 0) is 110 Å². The van der Waals surface area contributed by atoms with Gasteiger partial charge >= 0.3 is 0 Å². The molecule has 0 saturated carbocycles. The fourth-order valence-corrected chi connectivity index (χ4v) is 12.9. The quantitative estimate of drug-likeness (QED) is 0.251. The van der Waals surface area contributed by atoms with Crippen LogP contribution in [0.1, 0.15) is 44.4 Å². The molecule has 1 aliphatic rings. The molecule has 0 saturated heterocycles. The Labute approximate surface area is 244 Å². The fraction of sp³-hybridized carbons (Fsp3) is 0.389. The van der Waals surface area contributed by atoms with Crippen molar-refractivity contribution in [3.63, 3.8) is 0 Å². The number of nitrogens with zero attached hydrogens (tertiary/aromatic N) is 3. The van der Waals surface area contributed by atoms with Crippen LogP contribution in [-0.2, 0) is 0 Å². The van der Waals surface area contributed by atoms with E-state index in [1.54, 1.807) is 0 Å². The monoisotopic (exact) mass is 551 g/mol. The van der Waals surface area contributed by atoms with Crippen LogP contribution in [0.3, 0.4) is 0 Å². The van der Waals surface area contributed by atoms with Crippen LogP contribution in [0.15, 0.2) is 76.9 Å². The normalized spacial score (nSPS) is 14.3. The third-order valence-electron chi connectivity index (χ3n) is 9.48. The Kier molecular flexibility index (Phi) is 8.15. The van der Waals surface area contributed by atoms with Crippen LogP contribution >= 0.6 is 0 Å². The zero-order valence-corrected chi connectivity index (χ0v) is 28.1. The van der Waals surface area contributed by atoms with E-state index in [0.717, 1.165) is 0 Å². The number of rotatable bonds is 7. The van der Waals surface area contributed by atoms with Gasteiger partial charge in [-0.25, -0.2) is 0 Å². The van der Waals surface area contributed by atoms with Gasteiger partial charge < -0.3 is 14.7 Å². The largest absolute Gasteiger partial charge is 0.377 e. The zero-order valence-electron chi connectivity index (χ0n) is 27.1. The van der Waals surface area contributed by atoms with E-state index in [1.807, 2.05) is 0 Å². The number of benzene rings is 3. The molecule has 0 amide bonds. The van der Waals surface area contributed by atoms with Gasteiger partial charge in [0.25, 0.3) is 0 Å². The van der Waals surface area contributed by atoms with Gasteiger partial charge in [0.2, 0.25) is 0 Å². The lowest BCUT2D eigenvalue weighted by molar-refractivity contribution is 1.08. The third kappa shape index (κ3) is 4.70. The smallest absolute Gasteiger partial charge is 0.159 e. The van der Waals surface area contributed by atoms with Crippen molar-refractivity contribution in [2.24, 2.45) is 0 Å². The Morgan fingerprint density at radius 2 is 0.725 bits per heavy atom. The second kappa shape index (κ2) is 11.0. The topological polar surface area (TPSA) is 9.72 Å². The summed E-state index contributed by atoms with van der Waals surface area (Å²) >= 11 is 0. The first-order chi connectivity index (χ1) is 18.7. The van der Waals surface area contributed by atoms with Gasteiger partial charge in [-0.3, -0.25) is 0 Å². The Balaban J connectivity index is 2.28. The summed E-state index contributed by atoms with van der Waals surface area (Å²) in [6.07, 6.45) is 0. The summed E-state index contributed by atoms with van der Waals surface area (Å²) < 4.78 is 0. The second-order valence-electron chi connectivity index (χ2n) is 12.5. The van der Waals surface area contributed by atoms with Crippen LogP contribution in [-0.4, -0.2) is 50.4 Å². The highest BCUT2D eigenvalue weighted by Crippen LogP contribution is 2.47. The molecule has 40 heavy (non-hydrogen) atoms. The van der Waals surface area contributed by atoms with E-state index in [0.29, 0.717) is 5.54 Å². The van der Waals surface area contributed by atoms with Gasteiger partial charge in [-0.1, -0.05) is 47.5 Å². The lowest BCUT2D eigenvalue weighted by Crippen LogP contribution is -2.70. The van der Waals surface area contributed by atoms with Gasteiger partial charge in [0, 0.05) is 64.9 Å². The first kappa shape index (κ1) is 29.7. The summed E-state index contributed by atoms with van der Waals surface area (Å²) in [5, 5.41) is 4.40. The molecule has 0 N–H and O–H groups in total. The molecule has 0 radical (unpaired) electrons. The van der Waals surface area contributed by atoms with E-state index in [-0.39, 0.29) is 0 Å². The molecule has 3 aromatic rings. The van der Waals surface area contributed by atoms with E-state index in [9.17, 15) is 0 Å². The molecule has 0 bridgehead atoms. The molecular weight excluding hydrogens is 503 g/mol. The molecule has 4 heteroatoms. The number of aryl methyl sites for hydroxylation is 3. The van der Waals surface area contributed by atoms with Gasteiger partial charge in [-0.2, -0.15) is 0 Å². The van der Waals surface area contributed by atoms with Crippen molar-refractivity contribution in [1.82, 2.24) is 0 Å². The Hall–Kier alpha value is -3.24. The van der Waals surface area contributed by atoms with E-state index in [4.69, 9.17) is 0 Å². The standard InChI is InChI=1S/C36H49N3Si/c1-23-14-17-30(20-33(23)37(8)9)40(36-28(6)26(4)27(5)29(36)7,31-18-15-24(2)34(21-31)38(10)11)32-19-16-25(3)35(22-32)39(12)13/h14-22,36H,1-13H3. The van der Waals surface area contributed by atoms with Crippen molar-refractivity contribution >= 4 is 40.7 Å². The molecular formula is C36H49N3Si. The SMILES string of the molecule is CC1=C(C)C([Si](c2ccc(C)c(N(C)C)c2)(c2ccc(C)c(N(C)C)c2)c2ccc(C)c(N(C)C)c2)C(C)=C1C. The second-order valence-corrected chi connectivity index (χ2v) is 16.5. The van der Waals surface area contributed by atoms with Crippen LogP contribution in [0.4, 0.5) is 17.1 Å². The maximum Gasteiger partial charge on any atom is 0.159 e. The first-order valence-electron chi connectivity index (χ1n) is 14.4. The van der Waals surface area contributed by atoms with Crippen molar-refractivity contribution in [1.29, 1.82) is 0 Å². The third-order valence-corrected chi connectivity index (χ3v) is 14.9. The van der Waals surface area contributed by atoms with E-state index >= 15 is 0 Å². The molecule has 0 fully saturated rings. The van der Waals surface area contributed by atoms with Crippen LogP contribution in [0, 0.1) is 20.8 Å². The number of hydrogen-bond donors (Lipinski definition) is 0. The van der Waals surface area contributed by atoms with Crippen molar-refractivity contribution in [2.45, 2.75) is 54.0 Å². The highest BCUT2D eigenvalue weighted by Gasteiger charge is 2.50. The van der Waals surface area contributed by atoms with Gasteiger partial charge in [0.1, 0.15) is 0 Å². The van der Waals surface area contributed by atoms with E-state index in [2.05, 4.69) is 160 Å². The number of anilines is 3. The molecule has 0 aromatic heterocycles. The number of hydrogen-bond acceptors (Lipinski definition) is 3. The Morgan fingerprint density at radius 1 is 0.450 bits per heavy atom. The van der Waals surface area contributed by atoms with Gasteiger partial charge in [-0.15, -0.1) is 0 Å². The van der Waals surface area contributed by atoms with Gasteiger partial charge in [0.05, 0.1) is 0 Å². The van der Waals surface area contributed by atoms with Crippen LogP contribution in [0.25, 0.3) is 0 Å². The maximum absolute atomic E-state index is 2.70. The minimum Gasteiger partial charge on any atom is -0.377 e. The average molecular weight is 552 g/mol. The van der Waals surface area contributed by atoms with Crippen LogP contribution in [0.2, 0.25) is 5.54 Å². The van der Waals surface area contributed by atoms with Crippen LogP contribution < -0.4 is 30.3 Å². The summed E-state index contributed by atoms with van der Waals surface area (Å²) in [4.78, 5) is 6.82. The molecule has 0 atom stereocenters. The lowest BCUT2D eigenvalue weighted by Gasteiger charge is -2.42. The first-order valence-corrected chi connectivity index (χ1v) is 16.5. The minimum atomic E-state index is -2.70. The molecule has 4 rings (SSSR count). The molecule has 1 aliphatic carbocycles. The fourth-order valence-electron chi connectivity index (χ4n) is 7.01. The van der Waals surface area contributed by atoms with Crippen molar-refractivity contribution < 1.29 is 0 Å². The minimum absolute atomic E-state index is 0.334. The predicted molar refractivity (Wildman–Crippen MR) is 182 cm³/mol. The zero-order chi connectivity index (χ0) is 29.7. The summed E-state index contributed by atoms with van der Waals surface area (Å²) in [5.74, 6) is 0. The highest BCUT2D eigenvalue weighted by molar-refractivity contribution is 7.13. The van der Waals surface area contributed by atoms with Gasteiger partial charge in [0.15, 0.2) is 8.07 Å². The molecule has 0 spiro atoms. The van der Waals surface area contributed by atoms with E-state index in [1.165, 1.54) is 71.6 Å². The molecule has 0 aliphatic heterocycles. The molecule has 3 aromatic carbocycles. The Morgan fingerprint density at radius 3 is 0.975 bits per heavy atom. The summed E-state index contributed by atoms with van der Waals surface area (Å²) in [7, 11) is 10.3. The van der Waals surface area contributed by atoms with Crippen LogP contribution in [0.5, 0.6) is 0 Å². The van der Waals surface area contributed by atoms with Crippen molar-refractivity contribution in [3.8, 4) is 0 Å². The molecule has 0 unspecified atom stereocenters. The molecule has 212 valence electrons. The average Bonchev–Trinajstić information content (AvgIpc) is 3.09. The van der Waals surface area contributed by atoms with E-state index < -0.39 is 8.07 Å². The summed E-state index contributed by atoms with van der Waals surface area (Å²) in [5.41, 5.74) is 14.1. The summed E-state index contributed by atoms with van der Waals surface area (Å²) in [6, 6.07) is 21.9. The summed E-state index contributed by atoms with van der Waals surface area (Å²) in [6.45, 7) is 16.1. The maximum atomic E-state index is 2.51. The predicted octanol–water partition coefficient (Wildman–Crippen LogP) is 6.34. The highest BCUT2D eigenvalue weighted by atomic mass is 28.3. The molecule has 3 nitrogen and oxygen atoms in total.